The summed E-state index contributed by atoms with van der Waals surface area (Å²) in [7, 11) is 0. The Morgan fingerprint density at radius 3 is 1.32 bits per heavy atom. The number of hydrogen-bond donors (Lipinski definition) is 0. The Hall–Kier alpha value is -2.08. The number of ether oxygens (including phenoxy) is 8. The van der Waals surface area contributed by atoms with Crippen molar-refractivity contribution in [3.63, 3.8) is 0 Å². The zero-order chi connectivity index (χ0) is 25.7. The molecule has 0 heterocycles. The van der Waals surface area contributed by atoms with E-state index in [9.17, 15) is 9.59 Å². The summed E-state index contributed by atoms with van der Waals surface area (Å²) in [5.74, 6) is -1.33. The van der Waals surface area contributed by atoms with Crippen molar-refractivity contribution in [2.24, 2.45) is 0 Å². The van der Waals surface area contributed by atoms with E-state index >= 15 is 0 Å². The molecule has 0 N–H and O–H groups in total. The maximum atomic E-state index is 12.5. The predicted octanol–water partition coefficient (Wildman–Crippen LogP) is 4.22. The molecule has 6 unspecified atom stereocenters. The van der Waals surface area contributed by atoms with Gasteiger partial charge in [-0.25, -0.2) is 9.59 Å². The van der Waals surface area contributed by atoms with Gasteiger partial charge in [0.2, 0.25) is 12.6 Å². The molecule has 0 fully saturated rings. The highest BCUT2D eigenvalue weighted by Crippen LogP contribution is 2.14. The Morgan fingerprint density at radius 1 is 0.618 bits per heavy atom. The van der Waals surface area contributed by atoms with Gasteiger partial charge in [0, 0.05) is 13.2 Å². The molecule has 0 saturated carbocycles. The molecule has 0 saturated heterocycles. The average Bonchev–Trinajstić information content (AvgIpc) is 2.73. The van der Waals surface area contributed by atoms with Crippen molar-refractivity contribution in [2.75, 3.05) is 13.2 Å². The number of rotatable bonds is 16. The lowest BCUT2D eigenvalue weighted by Gasteiger charge is -2.23. The normalized spacial score (nSPS) is 16.7. The van der Waals surface area contributed by atoms with Gasteiger partial charge in [-0.3, -0.25) is 0 Å². The van der Waals surface area contributed by atoms with E-state index in [1.54, 1.807) is 47.6 Å². The van der Waals surface area contributed by atoms with Crippen molar-refractivity contribution in [1.29, 1.82) is 0 Å². The van der Waals surface area contributed by atoms with E-state index in [2.05, 4.69) is 0 Å². The fourth-order valence-corrected chi connectivity index (χ4v) is 2.96. The van der Waals surface area contributed by atoms with Crippen LogP contribution < -0.4 is 0 Å². The molecule has 0 aliphatic heterocycles. The molecule has 10 heteroatoms. The summed E-state index contributed by atoms with van der Waals surface area (Å²) in [5, 5.41) is 0. The van der Waals surface area contributed by atoms with Gasteiger partial charge in [0.05, 0.1) is 11.1 Å². The van der Waals surface area contributed by atoms with Crippen molar-refractivity contribution >= 4 is 11.9 Å². The second kappa shape index (κ2) is 15.8. The molecule has 0 amide bonds. The van der Waals surface area contributed by atoms with Crippen LogP contribution in [0.25, 0.3) is 0 Å². The molecular weight excluding hydrogens is 448 g/mol. The summed E-state index contributed by atoms with van der Waals surface area (Å²) in [6, 6.07) is 5.97. The van der Waals surface area contributed by atoms with Crippen LogP contribution in [0, 0.1) is 0 Å². The third kappa shape index (κ3) is 11.9. The smallest absolute Gasteiger partial charge is 0.340 e. The van der Waals surface area contributed by atoms with E-state index in [4.69, 9.17) is 37.9 Å². The SMILES string of the molecule is CCOC(C)OC(C)OC(C)OC(=O)c1cccc(C(=O)OC(C)OC(C)OC(C)OCC)c1. The summed E-state index contributed by atoms with van der Waals surface area (Å²) in [5.41, 5.74) is 0.328. The molecule has 1 aromatic carbocycles. The zero-order valence-corrected chi connectivity index (χ0v) is 21.3. The predicted molar refractivity (Wildman–Crippen MR) is 122 cm³/mol. The van der Waals surface area contributed by atoms with Crippen molar-refractivity contribution in [3.8, 4) is 0 Å². The van der Waals surface area contributed by atoms with Crippen LogP contribution in [0.3, 0.4) is 0 Å². The van der Waals surface area contributed by atoms with Gasteiger partial charge in [-0.15, -0.1) is 0 Å². The fraction of sp³-hybridized carbons (Fsp3) is 0.667. The van der Waals surface area contributed by atoms with E-state index in [0.717, 1.165) is 0 Å². The van der Waals surface area contributed by atoms with E-state index in [0.29, 0.717) is 13.2 Å². The van der Waals surface area contributed by atoms with E-state index in [1.807, 2.05) is 13.8 Å². The first-order chi connectivity index (χ1) is 16.0. The van der Waals surface area contributed by atoms with Gasteiger partial charge in [0.1, 0.15) is 0 Å². The molecule has 194 valence electrons. The van der Waals surface area contributed by atoms with Gasteiger partial charge in [0.25, 0.3) is 0 Å². The molecule has 1 rings (SSSR count). The number of carbonyl (C=O) groups excluding carboxylic acids is 2. The quantitative estimate of drug-likeness (QED) is 0.249. The van der Waals surface area contributed by atoms with Crippen LogP contribution >= 0.6 is 0 Å². The van der Waals surface area contributed by atoms with Crippen molar-refractivity contribution in [1.82, 2.24) is 0 Å². The summed E-state index contributed by atoms with van der Waals surface area (Å²) in [4.78, 5) is 25.0. The Kier molecular flexibility index (Phi) is 13.9. The van der Waals surface area contributed by atoms with E-state index in [1.165, 1.54) is 18.2 Å². The number of carbonyl (C=O) groups is 2. The van der Waals surface area contributed by atoms with E-state index < -0.39 is 49.7 Å². The minimum Gasteiger partial charge on any atom is -0.432 e. The van der Waals surface area contributed by atoms with Gasteiger partial charge in [-0.2, -0.15) is 0 Å². The minimum absolute atomic E-state index is 0.164. The van der Waals surface area contributed by atoms with Crippen LogP contribution in [0.15, 0.2) is 24.3 Å². The van der Waals surface area contributed by atoms with Gasteiger partial charge in [0.15, 0.2) is 25.2 Å². The number of hydrogen-bond acceptors (Lipinski definition) is 10. The topological polar surface area (TPSA) is 108 Å². The standard InChI is InChI=1S/C24H38O10/c1-9-27-15(3)29-17(5)31-19(7)33-23(25)21-12-11-13-22(14-21)24(26)34-20(8)32-18(6)30-16(4)28-10-2/h11-20H,9-10H2,1-8H3. The van der Waals surface area contributed by atoms with E-state index in [-0.39, 0.29) is 11.1 Å². The maximum Gasteiger partial charge on any atom is 0.340 e. The molecule has 6 atom stereocenters. The van der Waals surface area contributed by atoms with Gasteiger partial charge in [-0.05, 0) is 73.6 Å². The highest BCUT2D eigenvalue weighted by Gasteiger charge is 2.20. The average molecular weight is 487 g/mol. The third-order valence-electron chi connectivity index (χ3n) is 4.22. The van der Waals surface area contributed by atoms with Crippen molar-refractivity contribution in [2.45, 2.75) is 93.1 Å². The highest BCUT2D eigenvalue weighted by molar-refractivity contribution is 5.95. The molecule has 1 aromatic rings. The summed E-state index contributed by atoms with van der Waals surface area (Å²) in [6.45, 7) is 14.7. The molecule has 0 spiro atoms. The summed E-state index contributed by atoms with van der Waals surface area (Å²) < 4.78 is 43.1. The highest BCUT2D eigenvalue weighted by atomic mass is 16.8. The molecular formula is C24H38O10. The largest absolute Gasteiger partial charge is 0.432 e. The van der Waals surface area contributed by atoms with Gasteiger partial charge < -0.3 is 37.9 Å². The lowest BCUT2D eigenvalue weighted by molar-refractivity contribution is -0.269. The Balaban J connectivity index is 2.59. The van der Waals surface area contributed by atoms with Crippen LogP contribution in [0.5, 0.6) is 0 Å². The van der Waals surface area contributed by atoms with Crippen molar-refractivity contribution < 1.29 is 47.5 Å². The Labute approximate surface area is 201 Å². The maximum absolute atomic E-state index is 12.5. The van der Waals surface area contributed by atoms with Crippen LogP contribution in [0.4, 0.5) is 0 Å². The molecule has 0 aliphatic rings. The third-order valence-corrected chi connectivity index (χ3v) is 4.22. The molecule has 34 heavy (non-hydrogen) atoms. The lowest BCUT2D eigenvalue weighted by Crippen LogP contribution is -2.28. The molecule has 0 aromatic heterocycles. The lowest BCUT2D eigenvalue weighted by atomic mass is 10.1. The number of benzene rings is 1. The van der Waals surface area contributed by atoms with Crippen LogP contribution in [0.2, 0.25) is 0 Å². The molecule has 10 nitrogen and oxygen atoms in total. The second-order valence-electron chi connectivity index (χ2n) is 7.25. The van der Waals surface area contributed by atoms with Crippen LogP contribution in [-0.2, 0) is 37.9 Å². The summed E-state index contributed by atoms with van der Waals surface area (Å²) in [6.07, 6.45) is -4.01. The first-order valence-electron chi connectivity index (χ1n) is 11.4. The fourth-order valence-electron chi connectivity index (χ4n) is 2.96. The number of esters is 2. The molecule has 0 bridgehead atoms. The van der Waals surface area contributed by atoms with Crippen LogP contribution in [-0.4, -0.2) is 62.9 Å². The second-order valence-corrected chi connectivity index (χ2v) is 7.25. The monoisotopic (exact) mass is 486 g/mol. The zero-order valence-electron chi connectivity index (χ0n) is 21.3. The Morgan fingerprint density at radius 2 is 0.971 bits per heavy atom. The first-order valence-corrected chi connectivity index (χ1v) is 11.4. The van der Waals surface area contributed by atoms with Crippen LogP contribution in [0.1, 0.15) is 76.1 Å². The Bertz CT molecular complexity index is 683. The summed E-state index contributed by atoms with van der Waals surface area (Å²) >= 11 is 0. The molecule has 0 radical (unpaired) electrons. The van der Waals surface area contributed by atoms with Crippen molar-refractivity contribution in [3.05, 3.63) is 35.4 Å². The van der Waals surface area contributed by atoms with Gasteiger partial charge in [-0.1, -0.05) is 6.07 Å². The minimum atomic E-state index is -0.888. The van der Waals surface area contributed by atoms with Gasteiger partial charge >= 0.3 is 11.9 Å². The first kappa shape index (κ1) is 30.0. The molecule has 0 aliphatic carbocycles.